The van der Waals surface area contributed by atoms with Crippen molar-refractivity contribution in [2.24, 2.45) is 0 Å². The molecule has 0 spiro atoms. The van der Waals surface area contributed by atoms with Gasteiger partial charge < -0.3 is 14.6 Å². The molecule has 1 fully saturated rings. The SMILES string of the molecule is O=[N+]([O-])c1cccc(-c2ccc([C@@H]3[C@@H](c4ccccn4)NC(=S)N3c3ccccc3F)o2)c1. The van der Waals surface area contributed by atoms with Gasteiger partial charge in [0.05, 0.1) is 22.3 Å². The summed E-state index contributed by atoms with van der Waals surface area (Å²) < 4.78 is 21.0. The van der Waals surface area contributed by atoms with E-state index in [2.05, 4.69) is 10.3 Å². The van der Waals surface area contributed by atoms with E-state index in [4.69, 9.17) is 16.6 Å². The molecule has 0 saturated carbocycles. The van der Waals surface area contributed by atoms with E-state index >= 15 is 0 Å². The number of thiocarbonyl (C=S) groups is 1. The minimum atomic E-state index is -0.531. The molecule has 1 aliphatic heterocycles. The van der Waals surface area contributed by atoms with E-state index in [0.29, 0.717) is 27.9 Å². The molecular formula is C24H17FN4O3S. The molecule has 0 aliphatic carbocycles. The number of aromatic nitrogens is 1. The average molecular weight is 460 g/mol. The summed E-state index contributed by atoms with van der Waals surface area (Å²) in [5.41, 5.74) is 1.56. The highest BCUT2D eigenvalue weighted by Gasteiger charge is 2.43. The summed E-state index contributed by atoms with van der Waals surface area (Å²) in [4.78, 5) is 16.9. The lowest BCUT2D eigenvalue weighted by atomic mass is 10.0. The summed E-state index contributed by atoms with van der Waals surface area (Å²) in [5, 5.41) is 14.8. The van der Waals surface area contributed by atoms with Crippen LogP contribution < -0.4 is 10.2 Å². The molecule has 164 valence electrons. The molecule has 2 aromatic heterocycles. The quantitative estimate of drug-likeness (QED) is 0.237. The second kappa shape index (κ2) is 8.44. The Morgan fingerprint density at radius 3 is 2.64 bits per heavy atom. The molecule has 2 atom stereocenters. The number of benzene rings is 2. The first-order chi connectivity index (χ1) is 16.0. The van der Waals surface area contributed by atoms with E-state index in [1.54, 1.807) is 53.6 Å². The molecule has 33 heavy (non-hydrogen) atoms. The van der Waals surface area contributed by atoms with Crippen molar-refractivity contribution in [3.8, 4) is 11.3 Å². The minimum absolute atomic E-state index is 0.0338. The van der Waals surface area contributed by atoms with Crippen LogP contribution in [0.25, 0.3) is 11.3 Å². The van der Waals surface area contributed by atoms with Gasteiger partial charge >= 0.3 is 0 Å². The summed E-state index contributed by atoms with van der Waals surface area (Å²) >= 11 is 5.59. The van der Waals surface area contributed by atoms with Crippen molar-refractivity contribution in [3.05, 3.63) is 112 Å². The third kappa shape index (κ3) is 3.83. The van der Waals surface area contributed by atoms with Crippen molar-refractivity contribution in [3.63, 3.8) is 0 Å². The lowest BCUT2D eigenvalue weighted by Gasteiger charge is -2.26. The summed E-state index contributed by atoms with van der Waals surface area (Å²) in [6.45, 7) is 0. The zero-order valence-corrected chi connectivity index (χ0v) is 17.9. The predicted octanol–water partition coefficient (Wildman–Crippen LogP) is 5.57. The summed E-state index contributed by atoms with van der Waals surface area (Å²) in [7, 11) is 0. The number of non-ortho nitro benzene ring substituents is 1. The van der Waals surface area contributed by atoms with Crippen LogP contribution in [0.15, 0.2) is 89.5 Å². The van der Waals surface area contributed by atoms with Gasteiger partial charge in [0.2, 0.25) is 0 Å². The van der Waals surface area contributed by atoms with Gasteiger partial charge in [-0.1, -0.05) is 30.3 Å². The standard InChI is InChI=1S/C24H17FN4O3S/c25-17-8-1-2-10-19(17)28-23(22(27-24(28)33)18-9-3-4-13-26-18)21-12-11-20(32-21)15-6-5-7-16(14-15)29(30)31/h1-14,22-23H,(H,27,33)/t22-,23-/m1/s1. The highest BCUT2D eigenvalue weighted by Crippen LogP contribution is 2.43. The van der Waals surface area contributed by atoms with E-state index in [-0.39, 0.29) is 5.69 Å². The Bertz CT molecular complexity index is 1340. The first-order valence-electron chi connectivity index (χ1n) is 10.1. The Morgan fingerprint density at radius 2 is 1.88 bits per heavy atom. The molecule has 3 heterocycles. The molecule has 1 aliphatic rings. The van der Waals surface area contributed by atoms with E-state index < -0.39 is 22.8 Å². The molecular weight excluding hydrogens is 443 g/mol. The highest BCUT2D eigenvalue weighted by atomic mass is 32.1. The molecule has 0 radical (unpaired) electrons. The van der Waals surface area contributed by atoms with Crippen LogP contribution in [0.2, 0.25) is 0 Å². The molecule has 1 N–H and O–H groups in total. The lowest BCUT2D eigenvalue weighted by Crippen LogP contribution is -2.30. The summed E-state index contributed by atoms with van der Waals surface area (Å²) in [6, 6.07) is 20.7. The van der Waals surface area contributed by atoms with E-state index in [1.807, 2.05) is 18.2 Å². The van der Waals surface area contributed by atoms with Gasteiger partial charge in [-0.3, -0.25) is 15.1 Å². The molecule has 0 bridgehead atoms. The zero-order valence-electron chi connectivity index (χ0n) is 17.1. The van der Waals surface area contributed by atoms with Crippen molar-refractivity contribution in [2.75, 3.05) is 4.90 Å². The Morgan fingerprint density at radius 1 is 1.06 bits per heavy atom. The van der Waals surface area contributed by atoms with Crippen LogP contribution in [0, 0.1) is 15.9 Å². The molecule has 7 nitrogen and oxygen atoms in total. The number of para-hydroxylation sites is 1. The molecule has 9 heteroatoms. The Hall–Kier alpha value is -4.11. The second-order valence-electron chi connectivity index (χ2n) is 7.46. The van der Waals surface area contributed by atoms with Gasteiger partial charge in [0, 0.05) is 23.9 Å². The van der Waals surface area contributed by atoms with Gasteiger partial charge in [0.1, 0.15) is 23.4 Å². The highest BCUT2D eigenvalue weighted by molar-refractivity contribution is 7.80. The van der Waals surface area contributed by atoms with Crippen LogP contribution in [0.1, 0.15) is 23.5 Å². The van der Waals surface area contributed by atoms with Crippen molar-refractivity contribution < 1.29 is 13.7 Å². The Kier molecular flexibility index (Phi) is 5.31. The van der Waals surface area contributed by atoms with E-state index in [9.17, 15) is 14.5 Å². The number of hydrogen-bond donors (Lipinski definition) is 1. The third-order valence-electron chi connectivity index (χ3n) is 5.47. The van der Waals surface area contributed by atoms with Gasteiger partial charge in [-0.2, -0.15) is 0 Å². The normalized spacial score (nSPS) is 17.7. The zero-order chi connectivity index (χ0) is 22.9. The maximum absolute atomic E-state index is 14.8. The largest absolute Gasteiger partial charge is 0.459 e. The smallest absolute Gasteiger partial charge is 0.270 e. The maximum Gasteiger partial charge on any atom is 0.270 e. The second-order valence-corrected chi connectivity index (χ2v) is 7.84. The molecule has 5 rings (SSSR count). The van der Waals surface area contributed by atoms with Crippen LogP contribution in [-0.4, -0.2) is 15.0 Å². The molecule has 1 saturated heterocycles. The average Bonchev–Trinajstić information content (AvgIpc) is 3.45. The fourth-order valence-corrected chi connectivity index (χ4v) is 4.33. The number of nitro benzene ring substituents is 1. The maximum atomic E-state index is 14.8. The van der Waals surface area contributed by atoms with Gasteiger partial charge in [-0.15, -0.1) is 0 Å². The monoisotopic (exact) mass is 460 g/mol. The predicted molar refractivity (Wildman–Crippen MR) is 125 cm³/mol. The lowest BCUT2D eigenvalue weighted by molar-refractivity contribution is -0.384. The molecule has 0 amide bonds. The number of nitro groups is 1. The van der Waals surface area contributed by atoms with Crippen LogP contribution >= 0.6 is 12.2 Å². The van der Waals surface area contributed by atoms with Crippen molar-refractivity contribution >= 4 is 28.7 Å². The fraction of sp³-hybridized carbons (Fsp3) is 0.0833. The van der Waals surface area contributed by atoms with Crippen LogP contribution in [-0.2, 0) is 0 Å². The van der Waals surface area contributed by atoms with Crippen molar-refractivity contribution in [1.82, 2.24) is 10.3 Å². The summed E-state index contributed by atoms with van der Waals surface area (Å²) in [6.07, 6.45) is 1.68. The number of hydrogen-bond acceptors (Lipinski definition) is 5. The fourth-order valence-electron chi connectivity index (χ4n) is 3.99. The number of halogens is 1. The Balaban J connectivity index is 1.60. The van der Waals surface area contributed by atoms with E-state index in [0.717, 1.165) is 5.69 Å². The Labute approximate surface area is 193 Å². The van der Waals surface area contributed by atoms with Crippen LogP contribution in [0.3, 0.4) is 0 Å². The first-order valence-corrected chi connectivity index (χ1v) is 10.5. The number of rotatable bonds is 5. The number of pyridine rings is 1. The summed E-state index contributed by atoms with van der Waals surface area (Å²) in [5.74, 6) is 0.557. The van der Waals surface area contributed by atoms with Crippen molar-refractivity contribution in [1.29, 1.82) is 0 Å². The first kappa shape index (κ1) is 20.8. The van der Waals surface area contributed by atoms with Gasteiger partial charge in [0.25, 0.3) is 5.69 Å². The van der Waals surface area contributed by atoms with Crippen molar-refractivity contribution in [2.45, 2.75) is 12.1 Å². The van der Waals surface area contributed by atoms with Crippen LogP contribution in [0.4, 0.5) is 15.8 Å². The number of nitrogens with one attached hydrogen (secondary N) is 1. The number of furan rings is 1. The van der Waals surface area contributed by atoms with E-state index in [1.165, 1.54) is 18.2 Å². The molecule has 0 unspecified atom stereocenters. The van der Waals surface area contributed by atoms with Gasteiger partial charge in [-0.25, -0.2) is 4.39 Å². The van der Waals surface area contributed by atoms with Gasteiger partial charge in [0.15, 0.2) is 5.11 Å². The topological polar surface area (TPSA) is 84.4 Å². The number of nitrogens with zero attached hydrogens (tertiary/aromatic N) is 3. The third-order valence-corrected chi connectivity index (χ3v) is 5.78. The minimum Gasteiger partial charge on any atom is -0.459 e. The number of anilines is 1. The van der Waals surface area contributed by atoms with Crippen LogP contribution in [0.5, 0.6) is 0 Å². The molecule has 2 aromatic carbocycles. The molecule has 4 aromatic rings. The van der Waals surface area contributed by atoms with Gasteiger partial charge in [-0.05, 0) is 48.6 Å².